The van der Waals surface area contributed by atoms with Crippen molar-refractivity contribution < 1.29 is 70.7 Å². The van der Waals surface area contributed by atoms with E-state index in [1.165, 1.54) is 16.2 Å². The van der Waals surface area contributed by atoms with Crippen molar-refractivity contribution in [2.24, 2.45) is 33.8 Å². The van der Waals surface area contributed by atoms with Crippen molar-refractivity contribution in [2.45, 2.75) is 148 Å². The molecule has 0 radical (unpaired) electrons. The van der Waals surface area contributed by atoms with E-state index < -0.39 is 106 Å². The molecule has 7 amide bonds. The summed E-state index contributed by atoms with van der Waals surface area (Å²) in [6, 6.07) is 22.0. The highest BCUT2D eigenvalue weighted by Gasteiger charge is 2.66. The second-order valence-electron chi connectivity index (χ2n) is 28.8. The van der Waals surface area contributed by atoms with Gasteiger partial charge in [-0.1, -0.05) is 87.6 Å². The topological polar surface area (TPSA) is 362 Å². The molecule has 530 valence electrons. The van der Waals surface area contributed by atoms with Crippen LogP contribution in [0.25, 0.3) is 21.3 Å². The standard InChI is InChI=1S/C72H85N11O15S2/c1-43(2)50(32-56(85)58(100(94,95)96)25-28-82-60(86)22-23-61(82)87)64(89)76-53(14-10-26-74-66(73)92)55(84)31-45-16-18-46(19-17-45)35-97-68(93)80(6)29-30-98-72-39-69(4)36-70(5,40-72)38-71(37-69,41-72)42-83-44(3)51(33-75-83)48-20-21-59(78-62(48)65(90)91)81-27-24-47-11-9-12-49(52(47)34-81)63(88)79-67-77-54-13-7-8-15-57(54)99-67/h7-9,11-13,15-23,33,43,50,53,58H,10,14,24-32,34-42H2,1-6H3,(H,76,89)(H,90,91)(H3,73,74,92)(H,77,79,88)(H,94,95,96)/t50-,53-,58+,69?,70?,71?,72?/m0/s1. The molecule has 12 rings (SSSR count). The number of rotatable bonds is 30. The molecule has 5 heterocycles. The molecule has 4 bridgehead atoms. The summed E-state index contributed by atoms with van der Waals surface area (Å²) in [5.41, 5.74) is 10.9. The molecule has 3 aromatic carbocycles. The van der Waals surface area contributed by atoms with Gasteiger partial charge in [-0.05, 0) is 146 Å². The van der Waals surface area contributed by atoms with Crippen LogP contribution < -0.4 is 26.6 Å². The number of nitrogens with one attached hydrogen (secondary N) is 3. The summed E-state index contributed by atoms with van der Waals surface area (Å²) in [6.07, 6.45) is 8.22. The van der Waals surface area contributed by atoms with Crippen molar-refractivity contribution >= 4 is 95.9 Å². The van der Waals surface area contributed by atoms with Gasteiger partial charge >= 0.3 is 18.1 Å². The number of carboxylic acid groups (broad SMARTS) is 1. The number of hydrogen-bond donors (Lipinski definition) is 6. The van der Waals surface area contributed by atoms with E-state index in [9.17, 15) is 61.2 Å². The Bertz CT molecular complexity index is 4290. The lowest BCUT2D eigenvalue weighted by atomic mass is 9.39. The summed E-state index contributed by atoms with van der Waals surface area (Å²) in [4.78, 5) is 131. The SMILES string of the molecule is Cc1c(-c2ccc(N3CCc4cccc(C(=O)Nc5nc6ccccc6s5)c4C3)nc2C(=O)O)cnn1CC12CC3(C)CC(C)(C1)CC(OCCN(C)C(=O)OCc1ccc(CC(=O)[C@H](CCCNC(N)=O)NC(=O)[C@@H](CC(=O)[C@@H](CCN4C(=O)C=CC4=O)S(=O)(=O)O)C(C)C)cc1)(C3)C2. The second-order valence-corrected chi connectivity index (χ2v) is 31.5. The van der Waals surface area contributed by atoms with E-state index in [0.29, 0.717) is 64.8 Å². The lowest BCUT2D eigenvalue weighted by Crippen LogP contribution is -2.64. The third-order valence-corrected chi connectivity index (χ3v) is 22.5. The lowest BCUT2D eigenvalue weighted by molar-refractivity contribution is -0.248. The Morgan fingerprint density at radius 1 is 0.840 bits per heavy atom. The zero-order chi connectivity index (χ0) is 71.6. The minimum atomic E-state index is -5.04. The second kappa shape index (κ2) is 29.1. The van der Waals surface area contributed by atoms with Crippen LogP contribution in [-0.2, 0) is 76.1 Å². The number of likely N-dealkylation sites (N-methyl/N-ethyl adjacent to an activating group) is 1. The number of fused-ring (bicyclic) bond motifs is 2. The molecule has 0 saturated heterocycles. The van der Waals surface area contributed by atoms with E-state index in [2.05, 4.69) is 34.8 Å². The lowest BCUT2D eigenvalue weighted by Gasteiger charge is -2.69. The molecule has 28 heteroatoms. The first kappa shape index (κ1) is 72.0. The predicted molar refractivity (Wildman–Crippen MR) is 371 cm³/mol. The van der Waals surface area contributed by atoms with Crippen LogP contribution in [0.1, 0.15) is 141 Å². The minimum Gasteiger partial charge on any atom is -0.476 e. The van der Waals surface area contributed by atoms with Gasteiger partial charge in [-0.25, -0.2) is 24.4 Å². The van der Waals surface area contributed by atoms with Crippen LogP contribution in [0.2, 0.25) is 0 Å². The molecular weight excluding hydrogens is 1320 g/mol. The van der Waals surface area contributed by atoms with Gasteiger partial charge in [-0.3, -0.25) is 48.2 Å². The number of urea groups is 1. The molecule has 2 aliphatic heterocycles. The molecule has 4 fully saturated rings. The fourth-order valence-electron chi connectivity index (χ4n) is 16.7. The van der Waals surface area contributed by atoms with Gasteiger partial charge in [0, 0.05) is 99.6 Å². The molecule has 3 aromatic heterocycles. The highest BCUT2D eigenvalue weighted by atomic mass is 32.2. The zero-order valence-corrected chi connectivity index (χ0v) is 58.5. The first-order valence-electron chi connectivity index (χ1n) is 33.7. The van der Waals surface area contributed by atoms with E-state index in [-0.39, 0.29) is 73.4 Å². The number of benzene rings is 3. The maximum Gasteiger partial charge on any atom is 0.409 e. The van der Waals surface area contributed by atoms with Gasteiger partial charge in [0.05, 0.1) is 34.7 Å². The van der Waals surface area contributed by atoms with E-state index in [1.54, 1.807) is 57.4 Å². The van der Waals surface area contributed by atoms with Gasteiger partial charge in [0.1, 0.15) is 17.7 Å². The number of aromatic carboxylic acids is 1. The third kappa shape index (κ3) is 16.3. The largest absolute Gasteiger partial charge is 0.476 e. The highest BCUT2D eigenvalue weighted by Crippen LogP contribution is 2.72. The maximum absolute atomic E-state index is 14.0. The maximum atomic E-state index is 14.0. The zero-order valence-electron chi connectivity index (χ0n) is 56.9. The summed E-state index contributed by atoms with van der Waals surface area (Å²) < 4.78 is 50.6. The summed E-state index contributed by atoms with van der Waals surface area (Å²) in [5, 5.41) is 22.3. The molecule has 4 saturated carbocycles. The molecule has 7 N–H and O–H groups in total. The summed E-state index contributed by atoms with van der Waals surface area (Å²) in [5.74, 6) is -6.25. The van der Waals surface area contributed by atoms with Crippen LogP contribution >= 0.6 is 11.3 Å². The molecule has 5 atom stereocenters. The molecule has 26 nitrogen and oxygen atoms in total. The number of imide groups is 1. The monoisotopic (exact) mass is 1410 g/mol. The predicted octanol–water partition coefficient (Wildman–Crippen LogP) is 8.63. The molecule has 100 heavy (non-hydrogen) atoms. The van der Waals surface area contributed by atoms with Crippen LogP contribution in [0, 0.1) is 35.0 Å². The van der Waals surface area contributed by atoms with Crippen LogP contribution in [-0.4, -0.2) is 158 Å². The number of Topliss-reactive ketones (excluding diaryl/α,β-unsaturated/α-hetero) is 2. The number of nitrogens with two attached hydrogens (primary N) is 1. The average molecular weight is 1410 g/mol. The smallest absolute Gasteiger partial charge is 0.409 e. The van der Waals surface area contributed by atoms with E-state index >= 15 is 0 Å². The van der Waals surface area contributed by atoms with Crippen molar-refractivity contribution in [3.8, 4) is 11.1 Å². The number of pyridine rings is 1. The highest BCUT2D eigenvalue weighted by molar-refractivity contribution is 7.87. The number of aromatic nitrogens is 4. The van der Waals surface area contributed by atoms with Gasteiger partial charge < -0.3 is 40.7 Å². The fraction of sp³-hybridized carbons (Fsp3) is 0.472. The number of carbonyl (C=O) groups excluding carboxylic acids is 8. The van der Waals surface area contributed by atoms with Crippen molar-refractivity contribution in [1.82, 2.24) is 40.2 Å². The Balaban J connectivity index is 0.679. The third-order valence-electron chi connectivity index (χ3n) is 20.4. The number of primary amides is 1. The number of carboxylic acids is 1. The number of amides is 7. The van der Waals surface area contributed by atoms with Gasteiger partial charge in [0.15, 0.2) is 22.4 Å². The molecule has 6 aliphatic rings. The van der Waals surface area contributed by atoms with Gasteiger partial charge in [0.25, 0.3) is 27.8 Å². The Kier molecular flexibility index (Phi) is 21.0. The number of ether oxygens (including phenoxy) is 2. The number of thiazole rings is 1. The van der Waals surface area contributed by atoms with E-state index in [0.717, 1.165) is 82.6 Å². The number of para-hydroxylation sites is 1. The molecular formula is C72H85N11O15S2. The summed E-state index contributed by atoms with van der Waals surface area (Å²) in [6.45, 7) is 11.5. The average Bonchev–Trinajstić information content (AvgIpc) is 0.753. The molecule has 4 aliphatic carbocycles. The number of anilines is 2. The quantitative estimate of drug-likeness (QED) is 0.0139. The summed E-state index contributed by atoms with van der Waals surface area (Å²) in [7, 11) is -3.39. The van der Waals surface area contributed by atoms with Crippen LogP contribution in [0.15, 0.2) is 97.2 Å². The fourth-order valence-corrected chi connectivity index (χ4v) is 18.4. The minimum absolute atomic E-state index is 0.0123. The van der Waals surface area contributed by atoms with Gasteiger partial charge in [-0.15, -0.1) is 0 Å². The van der Waals surface area contributed by atoms with Crippen LogP contribution in [0.3, 0.4) is 0 Å². The van der Waals surface area contributed by atoms with E-state index in [4.69, 9.17) is 25.3 Å². The molecule has 2 unspecified atom stereocenters. The van der Waals surface area contributed by atoms with Gasteiger partial charge in [0.2, 0.25) is 5.91 Å². The van der Waals surface area contributed by atoms with Gasteiger partial charge in [-0.2, -0.15) is 13.5 Å². The van der Waals surface area contributed by atoms with Crippen molar-refractivity contribution in [2.75, 3.05) is 50.1 Å². The van der Waals surface area contributed by atoms with Crippen molar-refractivity contribution in [3.05, 3.63) is 136 Å². The van der Waals surface area contributed by atoms with Crippen LogP contribution in [0.5, 0.6) is 0 Å². The first-order valence-corrected chi connectivity index (χ1v) is 36.0. The number of carbonyl (C=O) groups is 9. The Labute approximate surface area is 583 Å². The number of hydrogen-bond acceptors (Lipinski definition) is 18. The van der Waals surface area contributed by atoms with E-state index in [1.807, 2.05) is 65.0 Å². The Morgan fingerprint density at radius 2 is 1.55 bits per heavy atom. The molecule has 6 aromatic rings. The van der Waals surface area contributed by atoms with Crippen molar-refractivity contribution in [1.29, 1.82) is 0 Å². The first-order chi connectivity index (χ1) is 47.4. The van der Waals surface area contributed by atoms with Crippen LogP contribution in [0.4, 0.5) is 20.5 Å². The Hall–Kier alpha value is -9.25. The normalized spacial score (nSPS) is 21.6. The van der Waals surface area contributed by atoms with Crippen molar-refractivity contribution in [3.63, 3.8) is 0 Å². The molecule has 0 spiro atoms. The number of ketones is 2. The Morgan fingerprint density at radius 3 is 2.23 bits per heavy atom. The number of nitrogens with zero attached hydrogens (tertiary/aromatic N) is 7. The summed E-state index contributed by atoms with van der Waals surface area (Å²) >= 11 is 1.41.